The van der Waals surface area contributed by atoms with E-state index in [-0.39, 0.29) is 5.54 Å². The number of hydrogen-bond donors (Lipinski definition) is 1. The van der Waals surface area contributed by atoms with Gasteiger partial charge in [0.2, 0.25) is 0 Å². The first-order valence-corrected chi connectivity index (χ1v) is 13.6. The van der Waals surface area contributed by atoms with Gasteiger partial charge in [0.25, 0.3) is 0 Å². The highest BCUT2D eigenvalue weighted by Crippen LogP contribution is 2.53. The van der Waals surface area contributed by atoms with Crippen molar-refractivity contribution in [1.82, 2.24) is 10.2 Å². The fourth-order valence-corrected chi connectivity index (χ4v) is 7.21. The van der Waals surface area contributed by atoms with Gasteiger partial charge >= 0.3 is 0 Å². The Bertz CT molecular complexity index is 1040. The topological polar surface area (TPSA) is 18.5 Å². The minimum Gasteiger partial charge on any atom is -0.368 e. The first kappa shape index (κ1) is 22.8. The van der Waals surface area contributed by atoms with Crippen molar-refractivity contribution in [3.05, 3.63) is 102 Å². The van der Waals surface area contributed by atoms with Gasteiger partial charge in [-0.05, 0) is 91.9 Å². The molecular formula is C32H39N3. The molecule has 3 saturated heterocycles. The fourth-order valence-electron chi connectivity index (χ4n) is 7.21. The van der Waals surface area contributed by atoms with E-state index < -0.39 is 0 Å². The largest absolute Gasteiger partial charge is 0.368 e. The molecule has 7 rings (SSSR count). The standard InChI is InChI=1S/C32H39N3/c1-34(28-16-14-25(15-17-28)23-35-18-8-9-19-35)32-20-29(26-10-4-2-5-11-26)31(22-33-24-32)30(21-32)27-12-6-3-7-13-27/h2-7,10-17,29-31,33H,8-9,18-24H2,1H3. The second-order valence-electron chi connectivity index (χ2n) is 11.2. The zero-order chi connectivity index (χ0) is 23.7. The number of anilines is 1. The summed E-state index contributed by atoms with van der Waals surface area (Å²) < 4.78 is 0. The summed E-state index contributed by atoms with van der Waals surface area (Å²) >= 11 is 0. The maximum atomic E-state index is 3.91. The van der Waals surface area contributed by atoms with E-state index >= 15 is 0 Å². The number of nitrogens with one attached hydrogen (secondary N) is 1. The zero-order valence-electron chi connectivity index (χ0n) is 21.1. The number of benzene rings is 3. The van der Waals surface area contributed by atoms with Gasteiger partial charge in [-0.1, -0.05) is 72.8 Å². The molecule has 0 spiro atoms. The van der Waals surface area contributed by atoms with Crippen LogP contribution in [0.5, 0.6) is 0 Å². The van der Waals surface area contributed by atoms with Crippen molar-refractivity contribution >= 4 is 5.69 Å². The van der Waals surface area contributed by atoms with Gasteiger partial charge in [-0.3, -0.25) is 4.90 Å². The molecule has 2 unspecified atom stereocenters. The van der Waals surface area contributed by atoms with Gasteiger partial charge in [-0.2, -0.15) is 0 Å². The van der Waals surface area contributed by atoms with E-state index in [4.69, 9.17) is 0 Å². The average Bonchev–Trinajstić information content (AvgIpc) is 3.26. The third kappa shape index (κ3) is 4.52. The molecule has 3 heterocycles. The van der Waals surface area contributed by atoms with Gasteiger partial charge in [0.05, 0.1) is 5.54 Å². The van der Waals surface area contributed by atoms with Crippen LogP contribution in [0.2, 0.25) is 0 Å². The number of likely N-dealkylation sites (N-methyl/N-ethyl adjacent to an activating group) is 1. The Balaban J connectivity index is 1.33. The fraction of sp³-hybridized carbons (Fsp3) is 0.438. The summed E-state index contributed by atoms with van der Waals surface area (Å²) in [5, 5.41) is 3.91. The molecule has 1 saturated carbocycles. The van der Waals surface area contributed by atoms with Gasteiger partial charge in [0.1, 0.15) is 0 Å². The van der Waals surface area contributed by atoms with Crippen LogP contribution in [0.3, 0.4) is 0 Å². The van der Waals surface area contributed by atoms with Crippen LogP contribution in [0.1, 0.15) is 54.2 Å². The van der Waals surface area contributed by atoms with E-state index in [1.165, 1.54) is 61.2 Å². The summed E-state index contributed by atoms with van der Waals surface area (Å²) in [4.78, 5) is 5.20. The molecule has 4 aliphatic rings. The Morgan fingerprint density at radius 1 is 0.800 bits per heavy atom. The van der Waals surface area contributed by atoms with E-state index in [9.17, 15) is 0 Å². The SMILES string of the molecule is CN(c1ccc(CN2CCCC2)cc1)C12CNCC(C(c3ccccc3)C1)C(c1ccccc1)C2. The number of nitrogens with zero attached hydrogens (tertiary/aromatic N) is 2. The highest BCUT2D eigenvalue weighted by Gasteiger charge is 2.51. The molecule has 4 fully saturated rings. The molecular weight excluding hydrogens is 426 g/mol. The van der Waals surface area contributed by atoms with Crippen LogP contribution >= 0.6 is 0 Å². The number of likely N-dealkylation sites (tertiary alicyclic amines) is 1. The van der Waals surface area contributed by atoms with Gasteiger partial charge in [0.15, 0.2) is 0 Å². The number of fused-ring (bicyclic) bond motifs is 4. The molecule has 35 heavy (non-hydrogen) atoms. The maximum absolute atomic E-state index is 3.91. The average molecular weight is 466 g/mol. The summed E-state index contributed by atoms with van der Waals surface area (Å²) in [6, 6.07) is 32.0. The van der Waals surface area contributed by atoms with E-state index in [2.05, 4.69) is 107 Å². The van der Waals surface area contributed by atoms with E-state index in [1.54, 1.807) is 0 Å². The summed E-state index contributed by atoms with van der Waals surface area (Å²) in [5.41, 5.74) is 5.87. The van der Waals surface area contributed by atoms with E-state index in [0.717, 1.165) is 19.6 Å². The molecule has 182 valence electrons. The molecule has 0 amide bonds. The highest BCUT2D eigenvalue weighted by atomic mass is 15.2. The Kier molecular flexibility index (Phi) is 6.39. The smallest absolute Gasteiger partial charge is 0.0535 e. The molecule has 1 aliphatic carbocycles. The molecule has 1 N–H and O–H groups in total. The molecule has 3 heteroatoms. The summed E-state index contributed by atoms with van der Waals surface area (Å²) in [5.74, 6) is 1.73. The predicted octanol–water partition coefficient (Wildman–Crippen LogP) is 6.04. The van der Waals surface area contributed by atoms with Crippen LogP contribution in [0.25, 0.3) is 0 Å². The van der Waals surface area contributed by atoms with Crippen LogP contribution < -0.4 is 10.2 Å². The third-order valence-electron chi connectivity index (χ3n) is 9.16. The van der Waals surface area contributed by atoms with Crippen LogP contribution in [0.15, 0.2) is 84.9 Å². The lowest BCUT2D eigenvalue weighted by molar-refractivity contribution is 0.204. The molecule has 0 aromatic heterocycles. The van der Waals surface area contributed by atoms with Crippen molar-refractivity contribution in [2.45, 2.75) is 49.6 Å². The normalized spacial score (nSPS) is 28.7. The highest BCUT2D eigenvalue weighted by molar-refractivity contribution is 5.51. The molecule has 2 atom stereocenters. The Morgan fingerprint density at radius 3 is 1.94 bits per heavy atom. The first-order chi connectivity index (χ1) is 17.2. The molecule has 2 bridgehead atoms. The lowest BCUT2D eigenvalue weighted by Crippen LogP contribution is -2.55. The van der Waals surface area contributed by atoms with Gasteiger partial charge in [0, 0.05) is 25.8 Å². The van der Waals surface area contributed by atoms with Crippen LogP contribution in [0.4, 0.5) is 5.69 Å². The molecule has 3 aliphatic heterocycles. The quantitative estimate of drug-likeness (QED) is 0.479. The van der Waals surface area contributed by atoms with Crippen molar-refractivity contribution in [3.63, 3.8) is 0 Å². The second-order valence-corrected chi connectivity index (χ2v) is 11.2. The number of rotatable bonds is 6. The lowest BCUT2D eigenvalue weighted by Gasteiger charge is -2.51. The molecule has 3 nitrogen and oxygen atoms in total. The zero-order valence-corrected chi connectivity index (χ0v) is 21.1. The monoisotopic (exact) mass is 465 g/mol. The van der Waals surface area contributed by atoms with Crippen molar-refractivity contribution in [2.24, 2.45) is 5.92 Å². The van der Waals surface area contributed by atoms with Crippen molar-refractivity contribution in [1.29, 1.82) is 0 Å². The maximum Gasteiger partial charge on any atom is 0.0535 e. The first-order valence-electron chi connectivity index (χ1n) is 13.6. The summed E-state index contributed by atoms with van der Waals surface area (Å²) in [7, 11) is 2.34. The van der Waals surface area contributed by atoms with E-state index in [1.807, 2.05) is 0 Å². The Morgan fingerprint density at radius 2 is 1.37 bits per heavy atom. The van der Waals surface area contributed by atoms with Crippen molar-refractivity contribution < 1.29 is 0 Å². The molecule has 0 radical (unpaired) electrons. The Hall–Kier alpha value is -2.62. The third-order valence-corrected chi connectivity index (χ3v) is 9.16. The Labute approximate surface area is 211 Å². The van der Waals surface area contributed by atoms with Crippen LogP contribution in [-0.2, 0) is 6.54 Å². The predicted molar refractivity (Wildman–Crippen MR) is 146 cm³/mol. The van der Waals surface area contributed by atoms with Gasteiger partial charge in [-0.25, -0.2) is 0 Å². The molecule has 3 aromatic rings. The minimum atomic E-state index is 0.0878. The van der Waals surface area contributed by atoms with Crippen LogP contribution in [0, 0.1) is 5.92 Å². The van der Waals surface area contributed by atoms with Gasteiger partial charge < -0.3 is 10.2 Å². The second kappa shape index (κ2) is 9.79. The van der Waals surface area contributed by atoms with Gasteiger partial charge in [-0.15, -0.1) is 0 Å². The minimum absolute atomic E-state index is 0.0878. The lowest BCUT2D eigenvalue weighted by atomic mass is 9.61. The van der Waals surface area contributed by atoms with E-state index in [0.29, 0.717) is 17.8 Å². The number of hydrogen-bond acceptors (Lipinski definition) is 3. The van der Waals surface area contributed by atoms with Crippen molar-refractivity contribution in [2.75, 3.05) is 38.1 Å². The summed E-state index contributed by atoms with van der Waals surface area (Å²) in [6.07, 6.45) is 5.10. The molecule has 3 aromatic carbocycles. The van der Waals surface area contributed by atoms with Crippen LogP contribution in [-0.4, -0.2) is 43.7 Å². The van der Waals surface area contributed by atoms with Crippen molar-refractivity contribution in [3.8, 4) is 0 Å². The summed E-state index contributed by atoms with van der Waals surface area (Å²) in [6.45, 7) is 5.72.